The van der Waals surface area contributed by atoms with Crippen LogP contribution in [0, 0.1) is 5.92 Å². The average molecular weight is 271 g/mol. The maximum Gasteiger partial charge on any atom is 0.303 e. The second-order valence-corrected chi connectivity index (χ2v) is 7.14. The molecule has 5 heteroatoms. The molecule has 2 saturated heterocycles. The van der Waals surface area contributed by atoms with Crippen molar-refractivity contribution in [1.82, 2.24) is 4.90 Å². The van der Waals surface area contributed by atoms with E-state index in [4.69, 9.17) is 5.11 Å². The fourth-order valence-corrected chi connectivity index (χ4v) is 4.23. The van der Waals surface area contributed by atoms with E-state index < -0.39 is 5.97 Å². The number of hydrogen-bond donors (Lipinski definition) is 1. The summed E-state index contributed by atoms with van der Waals surface area (Å²) >= 11 is 1.75. The van der Waals surface area contributed by atoms with E-state index in [0.717, 1.165) is 38.0 Å². The molecule has 2 aliphatic rings. The quantitative estimate of drug-likeness (QED) is 0.853. The van der Waals surface area contributed by atoms with Gasteiger partial charge in [-0.1, -0.05) is 0 Å². The first kappa shape index (κ1) is 13.7. The molecule has 1 N–H and O–H groups in total. The molecule has 0 aromatic rings. The number of carboxylic acid groups (broad SMARTS) is 1. The predicted octanol–water partition coefficient (Wildman–Crippen LogP) is 1.99. The van der Waals surface area contributed by atoms with Gasteiger partial charge in [-0.05, 0) is 44.3 Å². The Hall–Kier alpha value is -0.710. The van der Waals surface area contributed by atoms with Gasteiger partial charge in [0.2, 0.25) is 5.91 Å². The van der Waals surface area contributed by atoms with Gasteiger partial charge in [0.05, 0.1) is 4.75 Å². The summed E-state index contributed by atoms with van der Waals surface area (Å²) in [5.41, 5.74) is 0. The van der Waals surface area contributed by atoms with Gasteiger partial charge in [-0.25, -0.2) is 0 Å². The zero-order valence-electron chi connectivity index (χ0n) is 10.9. The summed E-state index contributed by atoms with van der Waals surface area (Å²) in [5.74, 6) is 0.667. The number of aliphatic carboxylic acids is 1. The van der Waals surface area contributed by atoms with E-state index in [2.05, 4.69) is 0 Å². The van der Waals surface area contributed by atoms with Gasteiger partial charge in [-0.3, -0.25) is 9.59 Å². The first-order valence-electron chi connectivity index (χ1n) is 6.66. The highest BCUT2D eigenvalue weighted by atomic mass is 32.2. The van der Waals surface area contributed by atoms with Crippen LogP contribution in [0.4, 0.5) is 0 Å². The van der Waals surface area contributed by atoms with Gasteiger partial charge in [-0.15, -0.1) is 11.8 Å². The highest BCUT2D eigenvalue weighted by Gasteiger charge is 2.41. The van der Waals surface area contributed by atoms with Gasteiger partial charge in [0.25, 0.3) is 0 Å². The molecule has 2 rings (SSSR count). The SMILES string of the molecule is CC1(C(=O)N2CCCC(CC(=O)O)C2)CCCS1. The van der Waals surface area contributed by atoms with Gasteiger partial charge < -0.3 is 10.0 Å². The van der Waals surface area contributed by atoms with Crippen LogP contribution in [0.2, 0.25) is 0 Å². The second-order valence-electron chi connectivity index (χ2n) is 5.54. The molecule has 0 aliphatic carbocycles. The van der Waals surface area contributed by atoms with Crippen LogP contribution in [-0.4, -0.2) is 45.5 Å². The van der Waals surface area contributed by atoms with Crippen molar-refractivity contribution in [2.75, 3.05) is 18.8 Å². The van der Waals surface area contributed by atoms with E-state index in [0.29, 0.717) is 6.54 Å². The smallest absolute Gasteiger partial charge is 0.303 e. The summed E-state index contributed by atoms with van der Waals surface area (Å²) < 4.78 is -0.259. The Morgan fingerprint density at radius 3 is 2.83 bits per heavy atom. The molecule has 0 bridgehead atoms. The summed E-state index contributed by atoms with van der Waals surface area (Å²) in [4.78, 5) is 25.2. The zero-order chi connectivity index (χ0) is 13.2. The molecule has 0 radical (unpaired) electrons. The summed E-state index contributed by atoms with van der Waals surface area (Å²) in [6.07, 6.45) is 4.12. The van der Waals surface area contributed by atoms with Crippen molar-refractivity contribution in [2.45, 2.75) is 43.8 Å². The lowest BCUT2D eigenvalue weighted by atomic mass is 9.93. The van der Waals surface area contributed by atoms with Crippen molar-refractivity contribution >= 4 is 23.6 Å². The normalized spacial score (nSPS) is 32.5. The van der Waals surface area contributed by atoms with Crippen molar-refractivity contribution in [1.29, 1.82) is 0 Å². The monoisotopic (exact) mass is 271 g/mol. The fourth-order valence-electron chi connectivity index (χ4n) is 2.95. The number of carbonyl (C=O) groups excluding carboxylic acids is 1. The highest BCUT2D eigenvalue weighted by molar-refractivity contribution is 8.01. The Balaban J connectivity index is 1.95. The average Bonchev–Trinajstić information content (AvgIpc) is 2.76. The molecule has 102 valence electrons. The highest BCUT2D eigenvalue weighted by Crippen LogP contribution is 2.40. The molecule has 4 nitrogen and oxygen atoms in total. The van der Waals surface area contributed by atoms with Gasteiger partial charge in [0.15, 0.2) is 0 Å². The third-order valence-electron chi connectivity index (χ3n) is 3.94. The van der Waals surface area contributed by atoms with Crippen molar-refractivity contribution in [3.8, 4) is 0 Å². The van der Waals surface area contributed by atoms with Crippen molar-refractivity contribution < 1.29 is 14.7 Å². The third-order valence-corrected chi connectivity index (χ3v) is 5.45. The minimum atomic E-state index is -0.754. The number of carboxylic acids is 1. The maximum atomic E-state index is 12.5. The van der Waals surface area contributed by atoms with E-state index >= 15 is 0 Å². The van der Waals surface area contributed by atoms with Gasteiger partial charge >= 0.3 is 5.97 Å². The molecule has 2 unspecified atom stereocenters. The van der Waals surface area contributed by atoms with Crippen LogP contribution in [0.5, 0.6) is 0 Å². The van der Waals surface area contributed by atoms with E-state index in [1.807, 2.05) is 11.8 Å². The summed E-state index contributed by atoms with van der Waals surface area (Å²) in [6, 6.07) is 0. The minimum Gasteiger partial charge on any atom is -0.481 e. The Kier molecular flexibility index (Phi) is 4.20. The van der Waals surface area contributed by atoms with E-state index in [1.165, 1.54) is 0 Å². The molecular formula is C13H21NO3S. The molecule has 0 saturated carbocycles. The Bertz CT molecular complexity index is 339. The fraction of sp³-hybridized carbons (Fsp3) is 0.846. The van der Waals surface area contributed by atoms with Crippen LogP contribution >= 0.6 is 11.8 Å². The lowest BCUT2D eigenvalue weighted by Crippen LogP contribution is -2.48. The second kappa shape index (κ2) is 5.51. The molecule has 0 aromatic heterocycles. The summed E-state index contributed by atoms with van der Waals surface area (Å²) in [6.45, 7) is 3.46. The van der Waals surface area contributed by atoms with Gasteiger partial charge in [0.1, 0.15) is 0 Å². The van der Waals surface area contributed by atoms with E-state index in [1.54, 1.807) is 11.8 Å². The van der Waals surface area contributed by atoms with E-state index in [-0.39, 0.29) is 23.0 Å². The van der Waals surface area contributed by atoms with Crippen molar-refractivity contribution in [3.63, 3.8) is 0 Å². The molecule has 2 fully saturated rings. The number of carbonyl (C=O) groups is 2. The number of likely N-dealkylation sites (tertiary alicyclic amines) is 1. The van der Waals surface area contributed by atoms with Crippen LogP contribution in [0.3, 0.4) is 0 Å². The number of hydrogen-bond acceptors (Lipinski definition) is 3. The van der Waals surface area contributed by atoms with Crippen LogP contribution < -0.4 is 0 Å². The molecular weight excluding hydrogens is 250 g/mol. The van der Waals surface area contributed by atoms with E-state index in [9.17, 15) is 9.59 Å². The number of nitrogens with zero attached hydrogens (tertiary/aromatic N) is 1. The zero-order valence-corrected chi connectivity index (χ0v) is 11.7. The number of amides is 1. The Morgan fingerprint density at radius 1 is 1.44 bits per heavy atom. The molecule has 18 heavy (non-hydrogen) atoms. The molecule has 0 aromatic carbocycles. The Morgan fingerprint density at radius 2 is 2.22 bits per heavy atom. The maximum absolute atomic E-state index is 12.5. The molecule has 1 amide bonds. The van der Waals surface area contributed by atoms with Crippen LogP contribution in [0.1, 0.15) is 39.0 Å². The molecule has 0 spiro atoms. The Labute approximate surface area is 112 Å². The van der Waals surface area contributed by atoms with Crippen LogP contribution in [0.25, 0.3) is 0 Å². The van der Waals surface area contributed by atoms with Crippen molar-refractivity contribution in [2.24, 2.45) is 5.92 Å². The van der Waals surface area contributed by atoms with Gasteiger partial charge in [-0.2, -0.15) is 0 Å². The third kappa shape index (κ3) is 2.99. The largest absolute Gasteiger partial charge is 0.481 e. The van der Waals surface area contributed by atoms with Crippen LogP contribution in [0.15, 0.2) is 0 Å². The number of rotatable bonds is 3. The van der Waals surface area contributed by atoms with Crippen molar-refractivity contribution in [3.05, 3.63) is 0 Å². The lowest BCUT2D eigenvalue weighted by Gasteiger charge is -2.36. The first-order valence-corrected chi connectivity index (χ1v) is 7.65. The van der Waals surface area contributed by atoms with Gasteiger partial charge in [0, 0.05) is 19.5 Å². The topological polar surface area (TPSA) is 57.6 Å². The molecule has 2 heterocycles. The standard InChI is InChI=1S/C13H21NO3S/c1-13(5-3-7-18-13)12(17)14-6-2-4-10(9-14)8-11(15)16/h10H,2-9H2,1H3,(H,15,16). The first-order chi connectivity index (χ1) is 8.51. The molecule has 2 aliphatic heterocycles. The molecule has 2 atom stereocenters. The summed E-state index contributed by atoms with van der Waals surface area (Å²) in [5, 5.41) is 8.85. The van der Waals surface area contributed by atoms with Crippen LogP contribution in [-0.2, 0) is 9.59 Å². The predicted molar refractivity (Wildman–Crippen MR) is 71.7 cm³/mol. The summed E-state index contributed by atoms with van der Waals surface area (Å²) in [7, 11) is 0. The number of piperidine rings is 1. The lowest BCUT2D eigenvalue weighted by molar-refractivity contribution is -0.141. The minimum absolute atomic E-state index is 0.134. The number of thioether (sulfide) groups is 1.